The summed E-state index contributed by atoms with van der Waals surface area (Å²) in [7, 11) is -14.2. The minimum absolute atomic E-state index is 1.08. The van der Waals surface area contributed by atoms with Crippen LogP contribution in [0.3, 0.4) is 0 Å². The van der Waals surface area contributed by atoms with Crippen molar-refractivity contribution in [1.82, 2.24) is 13.9 Å². The fraction of sp³-hybridized carbons (Fsp3) is 0.143. The zero-order chi connectivity index (χ0) is 27.2. The predicted octanol–water partition coefficient (Wildman–Crippen LogP) is 2.18. The van der Waals surface area contributed by atoms with E-state index < -0.39 is 42.8 Å². The van der Waals surface area contributed by atoms with Crippen molar-refractivity contribution in [3.8, 4) is 0 Å². The van der Waals surface area contributed by atoms with Gasteiger partial charge in [-0.2, -0.15) is 0 Å². The monoisotopic (exact) mass is 601 g/mol. The van der Waals surface area contributed by atoms with Crippen LogP contribution < -0.4 is 34.7 Å². The van der Waals surface area contributed by atoms with Crippen molar-refractivity contribution in [2.75, 3.05) is 0 Å². The van der Waals surface area contributed by atoms with Crippen LogP contribution in [0.4, 0.5) is 0 Å². The van der Waals surface area contributed by atoms with E-state index in [9.17, 15) is 0 Å². The third kappa shape index (κ3) is 5.05. The Morgan fingerprint density at radius 2 is 0.667 bits per heavy atom. The molecule has 2 aliphatic heterocycles. The van der Waals surface area contributed by atoms with Crippen LogP contribution >= 0.6 is 0 Å². The van der Waals surface area contributed by atoms with Gasteiger partial charge in [0, 0.05) is 0 Å². The second-order valence-corrected chi connectivity index (χ2v) is 29.2. The Balaban J connectivity index is 1.69. The predicted molar refractivity (Wildman–Crippen MR) is 169 cm³/mol. The highest BCUT2D eigenvalue weighted by Gasteiger charge is 2.70. The first kappa shape index (κ1) is 26.9. The van der Waals surface area contributed by atoms with Gasteiger partial charge in [-0.15, -0.1) is 0 Å². The second kappa shape index (κ2) is 9.97. The average molecular weight is 602 g/mol. The fourth-order valence-corrected chi connectivity index (χ4v) is 37.3. The molecule has 0 bridgehead atoms. The van der Waals surface area contributed by atoms with Gasteiger partial charge in [-0.1, -0.05) is 121 Å². The molecular formula is C28H35N3O3Si5. The molecule has 3 N–H and O–H groups in total. The minimum Gasteiger partial charge on any atom is -0.402 e. The summed E-state index contributed by atoms with van der Waals surface area (Å²) in [6.07, 6.45) is 0. The van der Waals surface area contributed by atoms with E-state index in [4.69, 9.17) is 12.3 Å². The molecule has 0 radical (unpaired) electrons. The molecule has 1 spiro atoms. The van der Waals surface area contributed by atoms with E-state index in [-0.39, 0.29) is 0 Å². The normalized spacial score (nSPS) is 22.3. The van der Waals surface area contributed by atoms with Gasteiger partial charge in [-0.25, -0.2) is 0 Å². The lowest BCUT2D eigenvalue weighted by molar-refractivity contribution is 0.236. The van der Waals surface area contributed by atoms with Crippen LogP contribution in [-0.4, -0.2) is 42.8 Å². The van der Waals surface area contributed by atoms with Gasteiger partial charge >= 0.3 is 26.0 Å². The smallest absolute Gasteiger partial charge is 0.402 e. The van der Waals surface area contributed by atoms with Crippen LogP contribution in [0.1, 0.15) is 0 Å². The molecule has 39 heavy (non-hydrogen) atoms. The van der Waals surface area contributed by atoms with Crippen LogP contribution in [-0.2, 0) is 12.3 Å². The maximum Gasteiger partial charge on any atom is 0.488 e. The van der Waals surface area contributed by atoms with E-state index in [1.165, 1.54) is 0 Å². The summed E-state index contributed by atoms with van der Waals surface area (Å²) in [5.41, 5.74) is 0. The molecule has 0 amide bonds. The van der Waals surface area contributed by atoms with Crippen LogP contribution in [0.15, 0.2) is 121 Å². The van der Waals surface area contributed by atoms with Crippen molar-refractivity contribution in [2.24, 2.45) is 0 Å². The summed E-state index contributed by atoms with van der Waals surface area (Å²) in [6.45, 7) is 9.23. The fourth-order valence-electron chi connectivity index (χ4n) is 5.90. The average Bonchev–Trinajstić information content (AvgIpc) is 2.92. The number of rotatable bonds is 4. The van der Waals surface area contributed by atoms with Crippen LogP contribution in [0.2, 0.25) is 26.2 Å². The van der Waals surface area contributed by atoms with Crippen molar-refractivity contribution >= 4 is 63.5 Å². The van der Waals surface area contributed by atoms with Gasteiger partial charge in [0.05, 0.1) is 0 Å². The van der Waals surface area contributed by atoms with Gasteiger partial charge in [-0.3, -0.25) is 9.30 Å². The lowest BCUT2D eigenvalue weighted by Crippen LogP contribution is -2.98. The summed E-state index contributed by atoms with van der Waals surface area (Å²) in [5.74, 6) is 0. The highest BCUT2D eigenvalue weighted by atomic mass is 28.6. The van der Waals surface area contributed by atoms with Gasteiger partial charge < -0.3 is 17.0 Å². The van der Waals surface area contributed by atoms with Gasteiger partial charge in [0.1, 0.15) is 0 Å². The lowest BCUT2D eigenvalue weighted by atomic mass is 10.4. The van der Waals surface area contributed by atoms with E-state index in [1.807, 2.05) is 0 Å². The summed E-state index contributed by atoms with van der Waals surface area (Å²) in [4.78, 5) is 0. The van der Waals surface area contributed by atoms with Crippen molar-refractivity contribution in [1.29, 1.82) is 0 Å². The van der Waals surface area contributed by atoms with Gasteiger partial charge in [0.2, 0.25) is 0 Å². The molecular weight excluding hydrogens is 567 g/mol. The summed E-state index contributed by atoms with van der Waals surface area (Å²) >= 11 is 0. The van der Waals surface area contributed by atoms with Crippen LogP contribution in [0.5, 0.6) is 0 Å². The molecule has 200 valence electrons. The quantitative estimate of drug-likeness (QED) is 0.312. The molecule has 0 atom stereocenters. The Morgan fingerprint density at radius 3 is 0.949 bits per heavy atom. The molecule has 0 aromatic heterocycles. The SMILES string of the molecule is C[Si]1(C)N[Si](C)(C)N[Si]2(N1)O[Si](c1ccccc1)(c1ccccc1)O[Si](c1ccccc1)(c1ccccc1)O2. The minimum atomic E-state index is -3.33. The van der Waals surface area contributed by atoms with Gasteiger partial charge in [0.25, 0.3) is 0 Å². The molecule has 0 saturated carbocycles. The molecule has 4 aromatic rings. The zero-order valence-electron chi connectivity index (χ0n) is 22.8. The Morgan fingerprint density at radius 1 is 0.385 bits per heavy atom. The van der Waals surface area contributed by atoms with Gasteiger partial charge in [-0.05, 0) is 46.9 Å². The largest absolute Gasteiger partial charge is 0.488 e. The molecule has 0 unspecified atom stereocenters. The number of hydrogen-bond acceptors (Lipinski definition) is 6. The summed E-state index contributed by atoms with van der Waals surface area (Å²) < 4.78 is 34.6. The molecule has 6 rings (SSSR count). The maximum atomic E-state index is 7.67. The first-order valence-corrected chi connectivity index (χ1v) is 24.8. The number of benzene rings is 4. The standard InChI is InChI=1S/C28H35N3O3Si5/c1-35(2)29-36(3,4)31-39(30-35)33-37(25-17-9-5-10-18-25,26-19-11-6-12-20-26)32-38(34-39,27-21-13-7-14-22-27)28-23-15-8-16-24-28/h5-24,29-31H,1-4H3. The molecule has 2 heterocycles. The van der Waals surface area contributed by atoms with E-state index in [0.717, 1.165) is 20.7 Å². The van der Waals surface area contributed by atoms with Crippen molar-refractivity contribution in [2.45, 2.75) is 26.2 Å². The van der Waals surface area contributed by atoms with Gasteiger partial charge in [0.15, 0.2) is 16.8 Å². The maximum absolute atomic E-state index is 7.67. The molecule has 2 saturated heterocycles. The highest BCUT2D eigenvalue weighted by Crippen LogP contribution is 2.31. The third-order valence-electron chi connectivity index (χ3n) is 7.06. The molecule has 0 aliphatic carbocycles. The molecule has 11 heteroatoms. The van der Waals surface area contributed by atoms with Crippen molar-refractivity contribution in [3.05, 3.63) is 121 Å². The molecule has 2 fully saturated rings. The van der Waals surface area contributed by atoms with Crippen molar-refractivity contribution < 1.29 is 12.3 Å². The van der Waals surface area contributed by atoms with Crippen LogP contribution in [0.25, 0.3) is 0 Å². The number of nitrogens with one attached hydrogen (secondary N) is 3. The summed E-state index contributed by atoms with van der Waals surface area (Å²) in [6, 6.07) is 42.1. The Kier molecular flexibility index (Phi) is 6.88. The second-order valence-electron chi connectivity index (χ2n) is 11.2. The highest BCUT2D eigenvalue weighted by molar-refractivity contribution is 7.14. The van der Waals surface area contributed by atoms with Crippen molar-refractivity contribution in [3.63, 3.8) is 0 Å². The first-order chi connectivity index (χ1) is 18.7. The third-order valence-corrected chi connectivity index (χ3v) is 31.0. The number of hydrogen-bond donors (Lipinski definition) is 3. The Labute approximate surface area is 236 Å². The van der Waals surface area contributed by atoms with E-state index in [0.29, 0.717) is 0 Å². The molecule has 2 aliphatic rings. The van der Waals surface area contributed by atoms with E-state index >= 15 is 0 Å². The Bertz CT molecular complexity index is 1240. The lowest BCUT2D eigenvalue weighted by Gasteiger charge is -2.58. The van der Waals surface area contributed by atoms with E-state index in [2.05, 4.69) is 161 Å². The molecule has 6 nitrogen and oxygen atoms in total. The summed E-state index contributed by atoms with van der Waals surface area (Å²) in [5, 5.41) is 4.32. The Hall–Kier alpha value is -2.28. The molecule has 4 aromatic carbocycles. The zero-order valence-corrected chi connectivity index (χ0v) is 27.8. The van der Waals surface area contributed by atoms with E-state index in [1.54, 1.807) is 0 Å². The van der Waals surface area contributed by atoms with Crippen LogP contribution in [0, 0.1) is 0 Å². The topological polar surface area (TPSA) is 63.8 Å². The first-order valence-electron chi connectivity index (χ1n) is 13.4.